The summed E-state index contributed by atoms with van der Waals surface area (Å²) in [5.74, 6) is 0.00900. The van der Waals surface area contributed by atoms with Gasteiger partial charge in [0.15, 0.2) is 0 Å². The Hall–Kier alpha value is -2.25. The van der Waals surface area contributed by atoms with Gasteiger partial charge < -0.3 is 14.7 Å². The van der Waals surface area contributed by atoms with E-state index in [0.29, 0.717) is 24.4 Å². The third-order valence-corrected chi connectivity index (χ3v) is 5.13. The molecule has 0 unspecified atom stereocenters. The third-order valence-electron chi connectivity index (χ3n) is 5.13. The monoisotopic (exact) mass is 372 g/mol. The summed E-state index contributed by atoms with van der Waals surface area (Å²) in [5, 5.41) is 18.9. The van der Waals surface area contributed by atoms with Crippen LogP contribution in [0.25, 0.3) is 0 Å². The van der Waals surface area contributed by atoms with Crippen molar-refractivity contribution >= 4 is 5.91 Å². The number of nitrogens with zero attached hydrogens (tertiary/aromatic N) is 4. The van der Waals surface area contributed by atoms with Gasteiger partial charge in [-0.2, -0.15) is 15.0 Å². The number of hydrogen-bond acceptors (Lipinski definition) is 5. The summed E-state index contributed by atoms with van der Waals surface area (Å²) in [6, 6.07) is 7.71. The highest BCUT2D eigenvalue weighted by Gasteiger charge is 2.33. The second kappa shape index (κ2) is 7.78. The van der Waals surface area contributed by atoms with Crippen molar-refractivity contribution in [3.63, 3.8) is 0 Å². The first kappa shape index (κ1) is 19.5. The van der Waals surface area contributed by atoms with Crippen molar-refractivity contribution in [3.8, 4) is 0 Å². The minimum atomic E-state index is -1.03. The second-order valence-electron chi connectivity index (χ2n) is 7.74. The first-order valence-electron chi connectivity index (χ1n) is 9.33. The number of ether oxygens (including phenoxy) is 1. The number of rotatable bonds is 5. The predicted molar refractivity (Wildman–Crippen MR) is 101 cm³/mol. The number of piperidine rings is 1. The van der Waals surface area contributed by atoms with Crippen molar-refractivity contribution < 1.29 is 14.6 Å². The van der Waals surface area contributed by atoms with Gasteiger partial charge in [-0.3, -0.25) is 4.79 Å². The highest BCUT2D eigenvalue weighted by molar-refractivity contribution is 5.96. The van der Waals surface area contributed by atoms with Crippen molar-refractivity contribution in [1.29, 1.82) is 0 Å². The molecule has 1 amide bonds. The lowest BCUT2D eigenvalue weighted by Crippen LogP contribution is -2.46. The van der Waals surface area contributed by atoms with Gasteiger partial charge in [-0.25, -0.2) is 0 Å². The quantitative estimate of drug-likeness (QED) is 0.872. The van der Waals surface area contributed by atoms with E-state index in [0.717, 1.165) is 18.4 Å². The van der Waals surface area contributed by atoms with E-state index in [4.69, 9.17) is 4.74 Å². The summed E-state index contributed by atoms with van der Waals surface area (Å²) in [6.07, 6.45) is 3.37. The standard InChI is InChI=1S/C20H28N4O3/c1-14-9-10-16(24-21-11-18(22-24)20(2,3)26)12-23(14)19(25)17-8-6-5-7-15(17)13-27-4/h5-8,11,14,16,26H,9-10,12-13H2,1-4H3/t14-,16-/m1/s1. The number of methoxy groups -OCH3 is 1. The molecule has 0 spiro atoms. The minimum absolute atomic E-state index is 0.00385. The Labute approximate surface area is 159 Å². The van der Waals surface area contributed by atoms with E-state index in [1.54, 1.807) is 32.0 Å². The van der Waals surface area contributed by atoms with E-state index in [9.17, 15) is 9.90 Å². The van der Waals surface area contributed by atoms with E-state index in [-0.39, 0.29) is 18.0 Å². The van der Waals surface area contributed by atoms with Gasteiger partial charge in [0, 0.05) is 25.3 Å². The number of aliphatic hydroxyl groups is 1. The maximum atomic E-state index is 13.2. The number of hydrogen-bond donors (Lipinski definition) is 1. The van der Waals surface area contributed by atoms with Crippen LogP contribution >= 0.6 is 0 Å². The molecule has 27 heavy (non-hydrogen) atoms. The van der Waals surface area contributed by atoms with Crippen molar-refractivity contribution in [2.45, 2.75) is 57.9 Å². The molecule has 1 aliphatic heterocycles. The van der Waals surface area contributed by atoms with Crippen LogP contribution in [-0.4, -0.2) is 50.6 Å². The van der Waals surface area contributed by atoms with E-state index in [1.807, 2.05) is 29.2 Å². The maximum absolute atomic E-state index is 13.2. The zero-order chi connectivity index (χ0) is 19.6. The second-order valence-corrected chi connectivity index (χ2v) is 7.74. The molecule has 1 aliphatic rings. The zero-order valence-electron chi connectivity index (χ0n) is 16.4. The number of aromatic nitrogens is 3. The number of benzene rings is 1. The Bertz CT molecular complexity index is 797. The molecule has 146 valence electrons. The van der Waals surface area contributed by atoms with Crippen molar-refractivity contribution in [1.82, 2.24) is 19.9 Å². The fourth-order valence-corrected chi connectivity index (χ4v) is 3.46. The molecule has 1 N–H and O–H groups in total. The Morgan fingerprint density at radius 1 is 1.33 bits per heavy atom. The molecule has 0 radical (unpaired) electrons. The average Bonchev–Trinajstić information content (AvgIpc) is 3.13. The molecule has 2 heterocycles. The fourth-order valence-electron chi connectivity index (χ4n) is 3.46. The van der Waals surface area contributed by atoms with Crippen LogP contribution in [-0.2, 0) is 16.9 Å². The van der Waals surface area contributed by atoms with E-state index >= 15 is 0 Å². The fraction of sp³-hybridized carbons (Fsp3) is 0.550. The number of amides is 1. The Morgan fingerprint density at radius 3 is 2.74 bits per heavy atom. The summed E-state index contributed by atoms with van der Waals surface area (Å²) in [6.45, 7) is 6.40. The molecule has 1 aromatic carbocycles. The van der Waals surface area contributed by atoms with Gasteiger partial charge in [0.1, 0.15) is 11.3 Å². The topological polar surface area (TPSA) is 80.5 Å². The largest absolute Gasteiger partial charge is 0.384 e. The van der Waals surface area contributed by atoms with Crippen LogP contribution in [0.3, 0.4) is 0 Å². The van der Waals surface area contributed by atoms with Gasteiger partial charge >= 0.3 is 0 Å². The summed E-state index contributed by atoms with van der Waals surface area (Å²) in [5.41, 5.74) is 1.07. The van der Waals surface area contributed by atoms with Gasteiger partial charge in [0.2, 0.25) is 0 Å². The van der Waals surface area contributed by atoms with Gasteiger partial charge in [-0.15, -0.1) is 0 Å². The molecule has 7 nitrogen and oxygen atoms in total. The Balaban J connectivity index is 1.81. The molecule has 0 saturated carbocycles. The van der Waals surface area contributed by atoms with E-state index in [2.05, 4.69) is 17.1 Å². The lowest BCUT2D eigenvalue weighted by atomic mass is 9.97. The van der Waals surface area contributed by atoms with E-state index < -0.39 is 5.60 Å². The smallest absolute Gasteiger partial charge is 0.254 e. The molecule has 2 atom stereocenters. The van der Waals surface area contributed by atoms with Crippen LogP contribution in [0.5, 0.6) is 0 Å². The average molecular weight is 372 g/mol. The maximum Gasteiger partial charge on any atom is 0.254 e. The Kier molecular flexibility index (Phi) is 5.62. The van der Waals surface area contributed by atoms with Crippen LogP contribution in [0, 0.1) is 0 Å². The van der Waals surface area contributed by atoms with Crippen LogP contribution in [0.2, 0.25) is 0 Å². The molecule has 1 fully saturated rings. The molecule has 3 rings (SSSR count). The minimum Gasteiger partial charge on any atom is -0.384 e. The van der Waals surface area contributed by atoms with Crippen molar-refractivity contribution in [2.75, 3.05) is 13.7 Å². The molecular weight excluding hydrogens is 344 g/mol. The summed E-state index contributed by atoms with van der Waals surface area (Å²) in [7, 11) is 1.63. The highest BCUT2D eigenvalue weighted by atomic mass is 16.5. The van der Waals surface area contributed by atoms with Crippen LogP contribution in [0.4, 0.5) is 0 Å². The number of likely N-dealkylation sites (tertiary alicyclic amines) is 1. The predicted octanol–water partition coefficient (Wildman–Crippen LogP) is 2.52. The normalized spacial score (nSPS) is 20.7. The molecule has 0 aliphatic carbocycles. The molecule has 1 saturated heterocycles. The third kappa shape index (κ3) is 4.20. The van der Waals surface area contributed by atoms with Gasteiger partial charge in [-0.05, 0) is 45.2 Å². The SMILES string of the molecule is COCc1ccccc1C(=O)N1C[C@H](n2ncc(C(C)(C)O)n2)CC[C@H]1C. The number of carbonyl (C=O) groups is 1. The van der Waals surface area contributed by atoms with Gasteiger partial charge in [0.25, 0.3) is 5.91 Å². The number of carbonyl (C=O) groups excluding carboxylic acids is 1. The highest BCUT2D eigenvalue weighted by Crippen LogP contribution is 2.28. The Morgan fingerprint density at radius 2 is 2.07 bits per heavy atom. The van der Waals surface area contributed by atoms with Crippen LogP contribution in [0.1, 0.15) is 61.3 Å². The lowest BCUT2D eigenvalue weighted by molar-refractivity contribution is 0.0529. The van der Waals surface area contributed by atoms with Crippen LogP contribution < -0.4 is 0 Å². The summed E-state index contributed by atoms with van der Waals surface area (Å²) < 4.78 is 5.24. The van der Waals surface area contributed by atoms with Gasteiger partial charge in [-0.1, -0.05) is 18.2 Å². The summed E-state index contributed by atoms with van der Waals surface area (Å²) in [4.78, 5) is 16.8. The molecule has 0 bridgehead atoms. The van der Waals surface area contributed by atoms with Crippen molar-refractivity contribution in [2.24, 2.45) is 0 Å². The summed E-state index contributed by atoms with van der Waals surface area (Å²) >= 11 is 0. The molecule has 2 aromatic rings. The van der Waals surface area contributed by atoms with Crippen LogP contribution in [0.15, 0.2) is 30.5 Å². The molecule has 1 aromatic heterocycles. The van der Waals surface area contributed by atoms with Crippen molar-refractivity contribution in [3.05, 3.63) is 47.3 Å². The lowest BCUT2D eigenvalue weighted by Gasteiger charge is -2.38. The van der Waals surface area contributed by atoms with Gasteiger partial charge in [0.05, 0.1) is 18.8 Å². The molecular formula is C20H28N4O3. The first-order valence-corrected chi connectivity index (χ1v) is 9.33. The first-order chi connectivity index (χ1) is 12.8. The van der Waals surface area contributed by atoms with E-state index in [1.165, 1.54) is 0 Å². The zero-order valence-corrected chi connectivity index (χ0v) is 16.4. The molecule has 7 heteroatoms.